The minimum atomic E-state index is -0.273. The second-order valence-corrected chi connectivity index (χ2v) is 6.81. The van der Waals surface area contributed by atoms with Gasteiger partial charge in [0.15, 0.2) is 5.58 Å². The first-order chi connectivity index (χ1) is 11.7. The van der Waals surface area contributed by atoms with Crippen LogP contribution in [0.4, 0.5) is 0 Å². The number of nitrogens with one attached hydrogen (secondary N) is 1. The zero-order chi connectivity index (χ0) is 16.5. The van der Waals surface area contributed by atoms with Crippen LogP contribution in [0.2, 0.25) is 0 Å². The van der Waals surface area contributed by atoms with Crippen LogP contribution in [0.5, 0.6) is 5.75 Å². The Morgan fingerprint density at radius 3 is 3.04 bits per heavy atom. The molecule has 1 aromatic carbocycles. The summed E-state index contributed by atoms with van der Waals surface area (Å²) in [6, 6.07) is 5.66. The topological polar surface area (TPSA) is 53.1 Å². The Bertz CT molecular complexity index is 792. The van der Waals surface area contributed by atoms with Crippen LogP contribution in [-0.4, -0.2) is 26.0 Å². The van der Waals surface area contributed by atoms with Gasteiger partial charge in [0.2, 0.25) is 6.73 Å². The molecule has 24 heavy (non-hydrogen) atoms. The zero-order valence-electron chi connectivity index (χ0n) is 14.1. The third-order valence-corrected chi connectivity index (χ3v) is 4.98. The van der Waals surface area contributed by atoms with Gasteiger partial charge in [-0.15, -0.1) is 0 Å². The lowest BCUT2D eigenvalue weighted by Gasteiger charge is -2.28. The first-order valence-electron chi connectivity index (χ1n) is 8.91. The molecule has 1 fully saturated rings. The number of aryl methyl sites for hydroxylation is 1. The SMILES string of the molecule is CCCc1cc(=O)oc2c3c(ccc12)OC[NH+](C[C@@H]1CCCO1)C3. The quantitative estimate of drug-likeness (QED) is 0.867. The molecule has 4 rings (SSSR count). The maximum atomic E-state index is 12.0. The van der Waals surface area contributed by atoms with Crippen molar-refractivity contribution >= 4 is 11.0 Å². The van der Waals surface area contributed by atoms with E-state index in [-0.39, 0.29) is 5.63 Å². The lowest BCUT2D eigenvalue weighted by Crippen LogP contribution is -3.13. The summed E-state index contributed by atoms with van der Waals surface area (Å²) in [4.78, 5) is 13.3. The van der Waals surface area contributed by atoms with Crippen molar-refractivity contribution in [2.75, 3.05) is 19.9 Å². The van der Waals surface area contributed by atoms with E-state index in [1.54, 1.807) is 6.07 Å². The van der Waals surface area contributed by atoms with Gasteiger partial charge in [-0.2, -0.15) is 0 Å². The molecule has 0 spiro atoms. The monoisotopic (exact) mass is 330 g/mol. The van der Waals surface area contributed by atoms with Crippen LogP contribution < -0.4 is 15.3 Å². The van der Waals surface area contributed by atoms with Crippen LogP contribution in [0.25, 0.3) is 11.0 Å². The summed E-state index contributed by atoms with van der Waals surface area (Å²) in [6.45, 7) is 5.38. The minimum Gasteiger partial charge on any atom is -0.445 e. The fourth-order valence-electron chi connectivity index (χ4n) is 3.85. The van der Waals surface area contributed by atoms with Gasteiger partial charge in [0.25, 0.3) is 0 Å². The molecule has 0 amide bonds. The van der Waals surface area contributed by atoms with E-state index in [9.17, 15) is 4.79 Å². The summed E-state index contributed by atoms with van der Waals surface area (Å²) in [5.41, 5.74) is 2.51. The second-order valence-electron chi connectivity index (χ2n) is 6.81. The highest BCUT2D eigenvalue weighted by atomic mass is 16.5. The van der Waals surface area contributed by atoms with E-state index >= 15 is 0 Å². The summed E-state index contributed by atoms with van der Waals surface area (Å²) in [5.74, 6) is 0.843. The van der Waals surface area contributed by atoms with Gasteiger partial charge in [0.05, 0.1) is 5.56 Å². The number of ether oxygens (including phenoxy) is 2. The molecule has 0 aliphatic carbocycles. The molecule has 1 saturated heterocycles. The number of benzene rings is 1. The molecule has 5 heteroatoms. The van der Waals surface area contributed by atoms with Crippen molar-refractivity contribution in [3.8, 4) is 5.75 Å². The van der Waals surface area contributed by atoms with Gasteiger partial charge in [0, 0.05) is 18.1 Å². The molecule has 1 N–H and O–H groups in total. The van der Waals surface area contributed by atoms with Gasteiger partial charge in [-0.25, -0.2) is 4.79 Å². The highest BCUT2D eigenvalue weighted by Crippen LogP contribution is 2.30. The molecule has 0 saturated carbocycles. The van der Waals surface area contributed by atoms with E-state index < -0.39 is 0 Å². The molecule has 0 bridgehead atoms. The lowest BCUT2D eigenvalue weighted by molar-refractivity contribution is -0.935. The number of hydrogen-bond acceptors (Lipinski definition) is 4. The Labute approximate surface area is 141 Å². The third kappa shape index (κ3) is 2.94. The molecule has 1 unspecified atom stereocenters. The first kappa shape index (κ1) is 15.7. The van der Waals surface area contributed by atoms with Crippen molar-refractivity contribution in [3.05, 3.63) is 39.7 Å². The van der Waals surface area contributed by atoms with E-state index in [1.165, 1.54) is 4.90 Å². The number of quaternary nitrogens is 1. The Balaban J connectivity index is 1.69. The normalized spacial score (nSPS) is 23.2. The molecule has 2 aliphatic rings. The summed E-state index contributed by atoms with van der Waals surface area (Å²) >= 11 is 0. The van der Waals surface area contributed by atoms with Crippen molar-refractivity contribution in [1.82, 2.24) is 0 Å². The maximum Gasteiger partial charge on any atom is 0.336 e. The fourth-order valence-corrected chi connectivity index (χ4v) is 3.85. The number of hydrogen-bond donors (Lipinski definition) is 1. The van der Waals surface area contributed by atoms with Gasteiger partial charge in [-0.1, -0.05) is 13.3 Å². The lowest BCUT2D eigenvalue weighted by atomic mass is 10.0. The van der Waals surface area contributed by atoms with Crippen molar-refractivity contribution in [1.29, 1.82) is 0 Å². The predicted octanol–water partition coefficient (Wildman–Crippen LogP) is 1.66. The molecule has 2 atom stereocenters. The smallest absolute Gasteiger partial charge is 0.336 e. The average Bonchev–Trinajstić information content (AvgIpc) is 3.08. The molecule has 3 heterocycles. The Kier molecular flexibility index (Phi) is 4.29. The highest BCUT2D eigenvalue weighted by molar-refractivity contribution is 5.85. The van der Waals surface area contributed by atoms with Crippen molar-refractivity contribution < 1.29 is 18.8 Å². The Morgan fingerprint density at radius 2 is 2.25 bits per heavy atom. The van der Waals surface area contributed by atoms with Gasteiger partial charge >= 0.3 is 5.63 Å². The zero-order valence-corrected chi connectivity index (χ0v) is 14.1. The van der Waals surface area contributed by atoms with Crippen LogP contribution in [0.3, 0.4) is 0 Å². The summed E-state index contributed by atoms with van der Waals surface area (Å²) in [6.07, 6.45) is 4.48. The minimum absolute atomic E-state index is 0.273. The molecule has 5 nitrogen and oxygen atoms in total. The fraction of sp³-hybridized carbons (Fsp3) is 0.526. The maximum absolute atomic E-state index is 12.0. The van der Waals surface area contributed by atoms with Crippen LogP contribution in [-0.2, 0) is 17.7 Å². The van der Waals surface area contributed by atoms with Crippen molar-refractivity contribution in [3.63, 3.8) is 0 Å². The second kappa shape index (κ2) is 6.57. The van der Waals surface area contributed by atoms with E-state index in [1.807, 2.05) is 12.1 Å². The molecule has 0 radical (unpaired) electrons. The van der Waals surface area contributed by atoms with Crippen molar-refractivity contribution in [2.24, 2.45) is 0 Å². The summed E-state index contributed by atoms with van der Waals surface area (Å²) < 4.78 is 17.3. The van der Waals surface area contributed by atoms with Crippen molar-refractivity contribution in [2.45, 2.75) is 45.3 Å². The first-order valence-corrected chi connectivity index (χ1v) is 8.91. The molecule has 128 valence electrons. The summed E-state index contributed by atoms with van der Waals surface area (Å²) in [5, 5.41) is 1.04. The van der Waals surface area contributed by atoms with Gasteiger partial charge < -0.3 is 13.9 Å². The van der Waals surface area contributed by atoms with Gasteiger partial charge in [-0.3, -0.25) is 4.90 Å². The standard InChI is InChI=1S/C19H23NO4/c1-2-4-13-9-18(21)24-19-15(13)6-7-17-16(19)11-20(12-23-17)10-14-5-3-8-22-14/h6-7,9,14H,2-5,8,10-12H2,1H3/p+1/t14-/m0/s1. The average molecular weight is 330 g/mol. The summed E-state index contributed by atoms with van der Waals surface area (Å²) in [7, 11) is 0. The Morgan fingerprint density at radius 1 is 1.33 bits per heavy atom. The number of fused-ring (bicyclic) bond motifs is 3. The van der Waals surface area contributed by atoms with E-state index in [4.69, 9.17) is 13.9 Å². The molecular weight excluding hydrogens is 306 g/mol. The molecule has 1 aromatic heterocycles. The van der Waals surface area contributed by atoms with Gasteiger partial charge in [-0.05, 0) is 37.0 Å². The largest absolute Gasteiger partial charge is 0.445 e. The molecule has 2 aliphatic heterocycles. The van der Waals surface area contributed by atoms with E-state index in [2.05, 4.69) is 6.92 Å². The van der Waals surface area contributed by atoms with Crippen LogP contribution in [0, 0.1) is 0 Å². The van der Waals surface area contributed by atoms with Crippen LogP contribution in [0.15, 0.2) is 27.4 Å². The van der Waals surface area contributed by atoms with E-state index in [0.29, 0.717) is 18.4 Å². The highest BCUT2D eigenvalue weighted by Gasteiger charge is 2.28. The van der Waals surface area contributed by atoms with Gasteiger partial charge in [0.1, 0.15) is 24.9 Å². The molecular formula is C19H24NO4+. The van der Waals surface area contributed by atoms with Crippen LogP contribution in [0.1, 0.15) is 37.3 Å². The Hall–Kier alpha value is -1.85. The van der Waals surface area contributed by atoms with Crippen LogP contribution >= 0.6 is 0 Å². The van der Waals surface area contributed by atoms with E-state index in [0.717, 1.165) is 67.6 Å². The third-order valence-electron chi connectivity index (χ3n) is 4.98. The number of rotatable bonds is 4. The molecule has 2 aromatic rings. The predicted molar refractivity (Wildman–Crippen MR) is 90.5 cm³/mol.